The summed E-state index contributed by atoms with van der Waals surface area (Å²) in [6.07, 6.45) is 0. The molecule has 1 heterocycles. The lowest BCUT2D eigenvalue weighted by atomic mass is 10.2. The number of halogens is 3. The standard InChI is InChI=1S/C21H20Br3N5O2S/c1-3-29-19(12(2)25-20(31)14-6-4-5-7-15(14)23)27-28-21(29)32-11-18(30)26-17-10-13(22)8-9-16(17)24/h4-10,12H,3,11H2,1-2H3,(H,25,31)(H,26,30)/t12-/m1/s1. The van der Waals surface area contributed by atoms with E-state index in [-0.39, 0.29) is 23.6 Å². The Morgan fingerprint density at radius 3 is 2.56 bits per heavy atom. The number of rotatable bonds is 8. The van der Waals surface area contributed by atoms with Crippen molar-refractivity contribution in [1.82, 2.24) is 20.1 Å². The minimum absolute atomic E-state index is 0.156. The van der Waals surface area contributed by atoms with Gasteiger partial charge in [0, 0.05) is 20.0 Å². The fraction of sp³-hybridized carbons (Fsp3) is 0.238. The minimum Gasteiger partial charge on any atom is -0.342 e. The number of anilines is 1. The van der Waals surface area contributed by atoms with Crippen LogP contribution in [0.3, 0.4) is 0 Å². The Bertz CT molecular complexity index is 1140. The smallest absolute Gasteiger partial charge is 0.253 e. The zero-order valence-electron chi connectivity index (χ0n) is 17.2. The Kier molecular flexibility index (Phi) is 8.92. The average molecular weight is 646 g/mol. The molecule has 11 heteroatoms. The molecule has 0 fully saturated rings. The molecule has 0 unspecified atom stereocenters. The summed E-state index contributed by atoms with van der Waals surface area (Å²) in [6.45, 7) is 4.44. The van der Waals surface area contributed by atoms with Crippen molar-refractivity contribution in [2.75, 3.05) is 11.1 Å². The largest absolute Gasteiger partial charge is 0.342 e. The summed E-state index contributed by atoms with van der Waals surface area (Å²) < 4.78 is 4.30. The van der Waals surface area contributed by atoms with Gasteiger partial charge in [0.05, 0.1) is 23.0 Å². The van der Waals surface area contributed by atoms with Crippen LogP contribution >= 0.6 is 59.6 Å². The first-order valence-corrected chi connectivity index (χ1v) is 13.0. The van der Waals surface area contributed by atoms with E-state index in [4.69, 9.17) is 0 Å². The van der Waals surface area contributed by atoms with E-state index in [0.717, 1.165) is 13.4 Å². The van der Waals surface area contributed by atoms with Gasteiger partial charge in [-0.1, -0.05) is 39.8 Å². The van der Waals surface area contributed by atoms with E-state index in [0.29, 0.717) is 28.8 Å². The van der Waals surface area contributed by atoms with Crippen LogP contribution in [0.1, 0.15) is 36.1 Å². The van der Waals surface area contributed by atoms with Crippen molar-refractivity contribution in [3.63, 3.8) is 0 Å². The Hall–Kier alpha value is -1.69. The molecular weight excluding hydrogens is 626 g/mol. The number of hydrogen-bond donors (Lipinski definition) is 2. The van der Waals surface area contributed by atoms with Crippen molar-refractivity contribution in [2.24, 2.45) is 0 Å². The van der Waals surface area contributed by atoms with Crippen molar-refractivity contribution in [2.45, 2.75) is 31.6 Å². The lowest BCUT2D eigenvalue weighted by molar-refractivity contribution is -0.113. The number of nitrogens with zero attached hydrogens (tertiary/aromatic N) is 3. The predicted molar refractivity (Wildman–Crippen MR) is 137 cm³/mol. The molecule has 3 aromatic rings. The first-order chi connectivity index (χ1) is 15.3. The lowest BCUT2D eigenvalue weighted by Gasteiger charge is -2.15. The number of amides is 2. The zero-order valence-corrected chi connectivity index (χ0v) is 22.8. The average Bonchev–Trinajstić information content (AvgIpc) is 3.18. The van der Waals surface area contributed by atoms with Crippen LogP contribution in [-0.2, 0) is 11.3 Å². The van der Waals surface area contributed by atoms with Crippen LogP contribution in [0.4, 0.5) is 5.69 Å². The van der Waals surface area contributed by atoms with Crippen molar-refractivity contribution >= 4 is 77.1 Å². The minimum atomic E-state index is -0.358. The second kappa shape index (κ2) is 11.4. The third kappa shape index (κ3) is 6.21. The highest BCUT2D eigenvalue weighted by Gasteiger charge is 2.21. The highest BCUT2D eigenvalue weighted by Crippen LogP contribution is 2.27. The van der Waals surface area contributed by atoms with E-state index >= 15 is 0 Å². The van der Waals surface area contributed by atoms with Gasteiger partial charge < -0.3 is 15.2 Å². The van der Waals surface area contributed by atoms with Gasteiger partial charge >= 0.3 is 0 Å². The lowest BCUT2D eigenvalue weighted by Crippen LogP contribution is -2.29. The number of carbonyl (C=O) groups is 2. The molecule has 7 nitrogen and oxygen atoms in total. The van der Waals surface area contributed by atoms with Crippen molar-refractivity contribution in [1.29, 1.82) is 0 Å². The zero-order chi connectivity index (χ0) is 23.3. The summed E-state index contributed by atoms with van der Waals surface area (Å²) in [5, 5.41) is 15.0. The van der Waals surface area contributed by atoms with E-state index in [1.807, 2.05) is 54.8 Å². The number of carbonyl (C=O) groups excluding carboxylic acids is 2. The van der Waals surface area contributed by atoms with E-state index in [2.05, 4.69) is 68.6 Å². The van der Waals surface area contributed by atoms with Crippen molar-refractivity contribution in [3.05, 3.63) is 67.3 Å². The first-order valence-electron chi connectivity index (χ1n) is 9.66. The maximum absolute atomic E-state index is 12.6. The monoisotopic (exact) mass is 643 g/mol. The first kappa shape index (κ1) is 24.9. The van der Waals surface area contributed by atoms with Gasteiger partial charge in [-0.05, 0) is 76.0 Å². The molecule has 2 amide bonds. The molecule has 32 heavy (non-hydrogen) atoms. The fourth-order valence-electron chi connectivity index (χ4n) is 2.92. The number of nitrogens with one attached hydrogen (secondary N) is 2. The SMILES string of the molecule is CCn1c(SCC(=O)Nc2cc(Br)ccc2Br)nnc1[C@@H](C)NC(=O)c1ccccc1Br. The highest BCUT2D eigenvalue weighted by atomic mass is 79.9. The van der Waals surface area contributed by atoms with Gasteiger partial charge in [-0.15, -0.1) is 10.2 Å². The second-order valence-electron chi connectivity index (χ2n) is 6.72. The maximum atomic E-state index is 12.6. The molecule has 0 radical (unpaired) electrons. The molecule has 0 bridgehead atoms. The third-order valence-electron chi connectivity index (χ3n) is 4.45. The molecule has 0 aliphatic carbocycles. The Balaban J connectivity index is 1.65. The molecule has 3 rings (SSSR count). The molecule has 2 aromatic carbocycles. The third-order valence-corrected chi connectivity index (χ3v) is 7.29. The topological polar surface area (TPSA) is 88.9 Å². The van der Waals surface area contributed by atoms with Gasteiger partial charge in [-0.3, -0.25) is 9.59 Å². The molecule has 2 N–H and O–H groups in total. The normalized spacial score (nSPS) is 11.8. The molecular formula is C21H20Br3N5O2S. The second-order valence-corrected chi connectivity index (χ2v) is 10.3. The van der Waals surface area contributed by atoms with Crippen LogP contribution in [0.2, 0.25) is 0 Å². The van der Waals surface area contributed by atoms with Gasteiger partial charge in [0.1, 0.15) is 0 Å². The molecule has 0 saturated heterocycles. The number of benzene rings is 2. The fourth-order valence-corrected chi connectivity index (χ4v) is 4.90. The molecule has 0 spiro atoms. The Morgan fingerprint density at radius 1 is 1.09 bits per heavy atom. The molecule has 1 atom stereocenters. The summed E-state index contributed by atoms with van der Waals surface area (Å²) in [6, 6.07) is 12.4. The summed E-state index contributed by atoms with van der Waals surface area (Å²) in [7, 11) is 0. The van der Waals surface area contributed by atoms with Gasteiger partial charge in [0.15, 0.2) is 11.0 Å². The van der Waals surface area contributed by atoms with Crippen LogP contribution in [-0.4, -0.2) is 32.3 Å². The van der Waals surface area contributed by atoms with E-state index in [1.54, 1.807) is 6.07 Å². The van der Waals surface area contributed by atoms with Crippen LogP contribution < -0.4 is 10.6 Å². The summed E-state index contributed by atoms with van der Waals surface area (Å²) in [4.78, 5) is 25.1. The van der Waals surface area contributed by atoms with Gasteiger partial charge in [-0.2, -0.15) is 0 Å². The molecule has 168 valence electrons. The van der Waals surface area contributed by atoms with Crippen LogP contribution in [0.25, 0.3) is 0 Å². The predicted octanol–water partition coefficient (Wildman–Crippen LogP) is 5.81. The molecule has 0 aliphatic heterocycles. The van der Waals surface area contributed by atoms with Crippen molar-refractivity contribution in [3.8, 4) is 0 Å². The van der Waals surface area contributed by atoms with Crippen LogP contribution in [0, 0.1) is 0 Å². The van der Waals surface area contributed by atoms with Crippen LogP contribution in [0.15, 0.2) is 61.0 Å². The van der Waals surface area contributed by atoms with Crippen molar-refractivity contribution < 1.29 is 9.59 Å². The quantitative estimate of drug-likeness (QED) is 0.302. The summed E-state index contributed by atoms with van der Waals surface area (Å²) in [5.41, 5.74) is 1.23. The van der Waals surface area contributed by atoms with Crippen LogP contribution in [0.5, 0.6) is 0 Å². The Morgan fingerprint density at radius 2 is 1.84 bits per heavy atom. The summed E-state index contributed by atoms with van der Waals surface area (Å²) in [5.74, 6) is 0.444. The van der Waals surface area contributed by atoms with E-state index in [9.17, 15) is 9.59 Å². The number of thioether (sulfide) groups is 1. The van der Waals surface area contributed by atoms with E-state index in [1.165, 1.54) is 11.8 Å². The molecule has 0 saturated carbocycles. The van der Waals surface area contributed by atoms with Gasteiger partial charge in [-0.25, -0.2) is 0 Å². The number of aromatic nitrogens is 3. The summed E-state index contributed by atoms with van der Waals surface area (Å²) >= 11 is 11.5. The van der Waals surface area contributed by atoms with E-state index < -0.39 is 0 Å². The molecule has 0 aliphatic rings. The van der Waals surface area contributed by atoms with Gasteiger partial charge in [0.2, 0.25) is 5.91 Å². The van der Waals surface area contributed by atoms with Gasteiger partial charge in [0.25, 0.3) is 5.91 Å². The number of hydrogen-bond acceptors (Lipinski definition) is 5. The maximum Gasteiger partial charge on any atom is 0.253 e. The highest BCUT2D eigenvalue weighted by molar-refractivity contribution is 9.11. The molecule has 1 aromatic heterocycles. The Labute approximate surface area is 215 Å².